The van der Waals surface area contributed by atoms with Gasteiger partial charge in [0.15, 0.2) is 0 Å². The maximum absolute atomic E-state index is 5.87. The van der Waals surface area contributed by atoms with Gasteiger partial charge >= 0.3 is 0 Å². The van der Waals surface area contributed by atoms with E-state index in [1.165, 1.54) is 0 Å². The number of rotatable bonds is 6. The Morgan fingerprint density at radius 1 is 1.35 bits per heavy atom. The Hall–Kier alpha value is -0.870. The quantitative estimate of drug-likeness (QED) is 0.736. The van der Waals surface area contributed by atoms with Crippen LogP contribution in [0.1, 0.15) is 33.0 Å². The van der Waals surface area contributed by atoms with Gasteiger partial charge in [0.05, 0.1) is 12.2 Å². The van der Waals surface area contributed by atoms with Crippen molar-refractivity contribution < 1.29 is 9.47 Å². The second-order valence-electron chi connectivity index (χ2n) is 4.36. The maximum Gasteiger partial charge on any atom is 0.218 e. The van der Waals surface area contributed by atoms with Crippen LogP contribution in [0.2, 0.25) is 5.15 Å². The van der Waals surface area contributed by atoms with E-state index in [0.717, 1.165) is 12.8 Å². The van der Waals surface area contributed by atoms with Gasteiger partial charge in [-0.3, -0.25) is 0 Å². The average Bonchev–Trinajstić information content (AvgIpc) is 2.28. The van der Waals surface area contributed by atoms with Gasteiger partial charge in [-0.05, 0) is 13.8 Å². The normalized spacial score (nSPS) is 11.6. The van der Waals surface area contributed by atoms with Crippen molar-refractivity contribution in [2.45, 2.75) is 39.2 Å². The zero-order valence-electron chi connectivity index (χ0n) is 10.8. The molecule has 1 rings (SSSR count). The van der Waals surface area contributed by atoms with E-state index in [4.69, 9.17) is 21.1 Å². The van der Waals surface area contributed by atoms with E-state index in [0.29, 0.717) is 23.5 Å². The lowest BCUT2D eigenvalue weighted by molar-refractivity contribution is 0.00506. The van der Waals surface area contributed by atoms with Crippen LogP contribution in [-0.2, 0) is 11.2 Å². The molecule has 0 bridgehead atoms. The van der Waals surface area contributed by atoms with Gasteiger partial charge in [-0.1, -0.05) is 18.5 Å². The minimum Gasteiger partial charge on any atom is -0.477 e. The summed E-state index contributed by atoms with van der Waals surface area (Å²) < 4.78 is 10.9. The van der Waals surface area contributed by atoms with Crippen molar-refractivity contribution in [3.63, 3.8) is 0 Å². The first-order chi connectivity index (χ1) is 7.96. The summed E-state index contributed by atoms with van der Waals surface area (Å²) >= 11 is 5.87. The SMILES string of the molecule is CCc1nc(Cl)cc(OCCC(C)(C)OC)n1. The summed E-state index contributed by atoms with van der Waals surface area (Å²) in [6.07, 6.45) is 1.52. The molecule has 0 aliphatic rings. The molecule has 0 aromatic carbocycles. The van der Waals surface area contributed by atoms with Crippen LogP contribution in [0.15, 0.2) is 6.07 Å². The molecule has 0 aliphatic carbocycles. The molecule has 0 radical (unpaired) electrons. The maximum atomic E-state index is 5.87. The lowest BCUT2D eigenvalue weighted by Crippen LogP contribution is -2.25. The molecular weight excluding hydrogens is 240 g/mol. The number of methoxy groups -OCH3 is 1. The summed E-state index contributed by atoms with van der Waals surface area (Å²) in [4.78, 5) is 8.31. The van der Waals surface area contributed by atoms with E-state index in [1.54, 1.807) is 13.2 Å². The Bertz CT molecular complexity index is 370. The molecule has 1 aromatic rings. The second kappa shape index (κ2) is 6.17. The first-order valence-corrected chi connectivity index (χ1v) is 6.06. The zero-order chi connectivity index (χ0) is 12.9. The minimum absolute atomic E-state index is 0.190. The Balaban J connectivity index is 2.55. The predicted molar refractivity (Wildman–Crippen MR) is 67.6 cm³/mol. The zero-order valence-corrected chi connectivity index (χ0v) is 11.5. The van der Waals surface area contributed by atoms with Gasteiger partial charge in [0.25, 0.3) is 0 Å². The summed E-state index contributed by atoms with van der Waals surface area (Å²) in [7, 11) is 1.69. The first-order valence-electron chi connectivity index (χ1n) is 5.68. The van der Waals surface area contributed by atoms with Crippen LogP contribution in [0.3, 0.4) is 0 Å². The van der Waals surface area contributed by atoms with E-state index in [1.807, 2.05) is 20.8 Å². The fourth-order valence-electron chi connectivity index (χ4n) is 1.18. The summed E-state index contributed by atoms with van der Waals surface area (Å²) in [5, 5.41) is 0.415. The van der Waals surface area contributed by atoms with Crippen LogP contribution in [0, 0.1) is 0 Å². The van der Waals surface area contributed by atoms with Crippen LogP contribution in [-0.4, -0.2) is 29.3 Å². The molecule has 0 spiro atoms. The lowest BCUT2D eigenvalue weighted by atomic mass is 10.1. The highest BCUT2D eigenvalue weighted by Crippen LogP contribution is 2.17. The minimum atomic E-state index is -0.190. The van der Waals surface area contributed by atoms with Gasteiger partial charge in [-0.2, -0.15) is 4.98 Å². The predicted octanol–water partition coefficient (Wildman–Crippen LogP) is 2.89. The molecule has 0 atom stereocenters. The second-order valence-corrected chi connectivity index (χ2v) is 4.75. The summed E-state index contributed by atoms with van der Waals surface area (Å²) in [6.45, 7) is 6.54. The van der Waals surface area contributed by atoms with Crippen LogP contribution in [0.5, 0.6) is 5.88 Å². The number of ether oxygens (including phenoxy) is 2. The van der Waals surface area contributed by atoms with Crippen molar-refractivity contribution in [3.05, 3.63) is 17.0 Å². The van der Waals surface area contributed by atoms with Gasteiger partial charge in [0.1, 0.15) is 11.0 Å². The lowest BCUT2D eigenvalue weighted by Gasteiger charge is -2.22. The molecule has 1 aromatic heterocycles. The average molecular weight is 259 g/mol. The van der Waals surface area contributed by atoms with Crippen molar-refractivity contribution in [1.82, 2.24) is 9.97 Å². The highest BCUT2D eigenvalue weighted by molar-refractivity contribution is 6.29. The summed E-state index contributed by atoms with van der Waals surface area (Å²) in [5.74, 6) is 1.22. The molecule has 96 valence electrons. The molecule has 0 saturated carbocycles. The Morgan fingerprint density at radius 2 is 2.06 bits per heavy atom. The molecule has 0 fully saturated rings. The fourth-order valence-corrected chi connectivity index (χ4v) is 1.37. The third-order valence-corrected chi connectivity index (χ3v) is 2.73. The highest BCUT2D eigenvalue weighted by atomic mass is 35.5. The molecule has 0 aliphatic heterocycles. The van der Waals surface area contributed by atoms with Gasteiger partial charge in [-0.25, -0.2) is 4.98 Å². The van der Waals surface area contributed by atoms with E-state index in [2.05, 4.69) is 9.97 Å². The smallest absolute Gasteiger partial charge is 0.218 e. The molecule has 0 amide bonds. The van der Waals surface area contributed by atoms with Crippen LogP contribution in [0.25, 0.3) is 0 Å². The molecule has 4 nitrogen and oxygen atoms in total. The number of hydrogen-bond acceptors (Lipinski definition) is 4. The van der Waals surface area contributed by atoms with Crippen LogP contribution >= 0.6 is 11.6 Å². The fraction of sp³-hybridized carbons (Fsp3) is 0.667. The van der Waals surface area contributed by atoms with Crippen molar-refractivity contribution in [2.24, 2.45) is 0 Å². The Kier molecular flexibility index (Phi) is 5.15. The van der Waals surface area contributed by atoms with Crippen molar-refractivity contribution in [2.75, 3.05) is 13.7 Å². The molecule has 0 N–H and O–H groups in total. The molecule has 0 saturated heterocycles. The summed E-state index contributed by atoms with van der Waals surface area (Å²) in [5.41, 5.74) is -0.190. The largest absolute Gasteiger partial charge is 0.477 e. The third-order valence-electron chi connectivity index (χ3n) is 2.54. The first kappa shape index (κ1) is 14.2. The van der Waals surface area contributed by atoms with Crippen molar-refractivity contribution in [1.29, 1.82) is 0 Å². The monoisotopic (exact) mass is 258 g/mol. The summed E-state index contributed by atoms with van der Waals surface area (Å²) in [6, 6.07) is 1.63. The molecular formula is C12H19ClN2O2. The van der Waals surface area contributed by atoms with E-state index in [9.17, 15) is 0 Å². The van der Waals surface area contributed by atoms with Gasteiger partial charge < -0.3 is 9.47 Å². The van der Waals surface area contributed by atoms with E-state index < -0.39 is 0 Å². The van der Waals surface area contributed by atoms with Gasteiger partial charge in [0.2, 0.25) is 5.88 Å². The van der Waals surface area contributed by atoms with E-state index in [-0.39, 0.29) is 5.60 Å². The van der Waals surface area contributed by atoms with Crippen LogP contribution in [0.4, 0.5) is 0 Å². The molecule has 5 heteroatoms. The molecule has 0 unspecified atom stereocenters. The number of aromatic nitrogens is 2. The molecule has 17 heavy (non-hydrogen) atoms. The highest BCUT2D eigenvalue weighted by Gasteiger charge is 2.16. The van der Waals surface area contributed by atoms with Gasteiger partial charge in [0, 0.05) is 26.0 Å². The van der Waals surface area contributed by atoms with Crippen LogP contribution < -0.4 is 4.74 Å². The Labute approximate surface area is 107 Å². The number of hydrogen-bond donors (Lipinski definition) is 0. The third kappa shape index (κ3) is 4.88. The van der Waals surface area contributed by atoms with Crippen molar-refractivity contribution in [3.8, 4) is 5.88 Å². The standard InChI is InChI=1S/C12H19ClN2O2/c1-5-10-14-9(13)8-11(15-10)17-7-6-12(2,3)16-4/h8H,5-7H2,1-4H3. The number of nitrogens with zero attached hydrogens (tertiary/aromatic N) is 2. The molecule has 1 heterocycles. The van der Waals surface area contributed by atoms with Crippen molar-refractivity contribution >= 4 is 11.6 Å². The van der Waals surface area contributed by atoms with E-state index >= 15 is 0 Å². The Morgan fingerprint density at radius 3 is 2.65 bits per heavy atom. The number of aryl methyl sites for hydroxylation is 1. The van der Waals surface area contributed by atoms with Gasteiger partial charge in [-0.15, -0.1) is 0 Å². The number of halogens is 1. The topological polar surface area (TPSA) is 44.2 Å².